The fourth-order valence-corrected chi connectivity index (χ4v) is 1.68. The van der Waals surface area contributed by atoms with Crippen LogP contribution in [0.4, 0.5) is 0 Å². The summed E-state index contributed by atoms with van der Waals surface area (Å²) < 4.78 is 0. The van der Waals surface area contributed by atoms with Crippen molar-refractivity contribution in [3.8, 4) is 0 Å². The second-order valence-corrected chi connectivity index (χ2v) is 6.43. The topological polar surface area (TPSA) is 12.4 Å². The zero-order valence-corrected chi connectivity index (χ0v) is 17.6. The van der Waals surface area contributed by atoms with E-state index in [0.717, 1.165) is 25.8 Å². The van der Waals surface area contributed by atoms with E-state index in [1.165, 1.54) is 28.8 Å². The molecule has 0 N–H and O–H groups in total. The molecule has 0 aliphatic rings. The lowest BCUT2D eigenvalue weighted by molar-refractivity contribution is 0.773. The van der Waals surface area contributed by atoms with E-state index in [0.29, 0.717) is 5.92 Å². The van der Waals surface area contributed by atoms with E-state index >= 15 is 0 Å². The van der Waals surface area contributed by atoms with Gasteiger partial charge in [-0.25, -0.2) is 0 Å². The minimum absolute atomic E-state index is 0.657. The third-order valence-electron chi connectivity index (χ3n) is 3.52. The Morgan fingerprint density at radius 2 is 1.46 bits per heavy atom. The number of hydrogen-bond donors (Lipinski definition) is 0. The molecule has 0 saturated heterocycles. The molecule has 0 radical (unpaired) electrons. The first-order valence-electron chi connectivity index (χ1n) is 9.65. The summed E-state index contributed by atoms with van der Waals surface area (Å²) in [7, 11) is 0. The van der Waals surface area contributed by atoms with Crippen molar-refractivity contribution in [2.75, 3.05) is 6.54 Å². The molecule has 0 bridgehead atoms. The number of hydrogen-bond acceptors (Lipinski definition) is 1. The van der Waals surface area contributed by atoms with Gasteiger partial charge in [0.05, 0.1) is 0 Å². The molecule has 1 rings (SSSR count). The van der Waals surface area contributed by atoms with Crippen LogP contribution in [-0.2, 0) is 6.42 Å². The summed E-state index contributed by atoms with van der Waals surface area (Å²) in [4.78, 5) is 4.56. The van der Waals surface area contributed by atoms with Crippen molar-refractivity contribution < 1.29 is 0 Å². The SMILES string of the molecule is C=C(C)C(C)C.CCC.CCCC(=NCC)c1ccc(CC)cc1. The number of aliphatic imine (C=N–C) groups is 1. The summed E-state index contributed by atoms with van der Waals surface area (Å²) in [5.41, 5.74) is 5.19. The predicted octanol–water partition coefficient (Wildman–Crippen LogP) is 7.49. The molecule has 0 heterocycles. The first-order chi connectivity index (χ1) is 11.4. The van der Waals surface area contributed by atoms with Crippen LogP contribution in [0.3, 0.4) is 0 Å². The van der Waals surface area contributed by atoms with Crippen molar-refractivity contribution in [3.63, 3.8) is 0 Å². The van der Waals surface area contributed by atoms with Crippen LogP contribution in [-0.4, -0.2) is 12.3 Å². The van der Waals surface area contributed by atoms with E-state index in [-0.39, 0.29) is 0 Å². The standard InChI is InChI=1S/C14H21N.C6H12.C3H8/c1-4-7-14(15-6-3)13-10-8-12(5-2)9-11-13;1-5(2)6(3)4;1-3-2/h8-11H,4-7H2,1-3H3;6H,1H2,2-4H3;3H2,1-2H3. The summed E-state index contributed by atoms with van der Waals surface area (Å²) in [5, 5.41) is 0. The number of rotatable bonds is 6. The van der Waals surface area contributed by atoms with Gasteiger partial charge in [-0.2, -0.15) is 0 Å². The van der Waals surface area contributed by atoms with Crippen molar-refractivity contribution in [1.82, 2.24) is 0 Å². The summed E-state index contributed by atoms with van der Waals surface area (Å²) in [5.74, 6) is 0.657. The second kappa shape index (κ2) is 16.5. The normalized spacial score (nSPS) is 10.5. The minimum atomic E-state index is 0.657. The largest absolute Gasteiger partial charge is 0.289 e. The summed E-state index contributed by atoms with van der Waals surface area (Å²) in [6.45, 7) is 21.7. The van der Waals surface area contributed by atoms with Gasteiger partial charge in [-0.05, 0) is 43.7 Å². The number of allylic oxidation sites excluding steroid dienone is 1. The fraction of sp³-hybridized carbons (Fsp3) is 0.609. The van der Waals surface area contributed by atoms with E-state index in [4.69, 9.17) is 0 Å². The molecule has 1 nitrogen and oxygen atoms in total. The third kappa shape index (κ3) is 13.1. The zero-order valence-electron chi connectivity index (χ0n) is 17.6. The summed E-state index contributed by atoms with van der Waals surface area (Å²) in [6, 6.07) is 8.80. The van der Waals surface area contributed by atoms with Crippen LogP contribution in [0.1, 0.15) is 85.8 Å². The van der Waals surface area contributed by atoms with Crippen molar-refractivity contribution in [1.29, 1.82) is 0 Å². The first kappa shape index (κ1) is 24.9. The lowest BCUT2D eigenvalue weighted by Crippen LogP contribution is -2.01. The Morgan fingerprint density at radius 1 is 1.00 bits per heavy atom. The number of benzene rings is 1. The average molecular weight is 332 g/mol. The molecule has 0 aliphatic carbocycles. The van der Waals surface area contributed by atoms with Crippen LogP contribution in [0.15, 0.2) is 41.4 Å². The van der Waals surface area contributed by atoms with Crippen LogP contribution in [0.2, 0.25) is 0 Å². The zero-order chi connectivity index (χ0) is 19.0. The molecule has 138 valence electrons. The molecule has 0 fully saturated rings. The lowest BCUT2D eigenvalue weighted by atomic mass is 10.0. The third-order valence-corrected chi connectivity index (χ3v) is 3.52. The number of aryl methyl sites for hydroxylation is 1. The lowest BCUT2D eigenvalue weighted by Gasteiger charge is -2.06. The Morgan fingerprint density at radius 3 is 1.75 bits per heavy atom. The molecule has 1 aromatic rings. The van der Waals surface area contributed by atoms with Crippen molar-refractivity contribution >= 4 is 5.71 Å². The summed E-state index contributed by atoms with van der Waals surface area (Å²) in [6.07, 6.45) is 4.60. The van der Waals surface area contributed by atoms with Gasteiger partial charge in [0.2, 0.25) is 0 Å². The van der Waals surface area contributed by atoms with Gasteiger partial charge >= 0.3 is 0 Å². The van der Waals surface area contributed by atoms with Gasteiger partial charge in [-0.3, -0.25) is 4.99 Å². The molecule has 24 heavy (non-hydrogen) atoms. The minimum Gasteiger partial charge on any atom is -0.289 e. The maximum atomic E-state index is 4.56. The first-order valence-corrected chi connectivity index (χ1v) is 9.65. The van der Waals surface area contributed by atoms with Gasteiger partial charge in [-0.1, -0.05) is 90.8 Å². The van der Waals surface area contributed by atoms with Gasteiger partial charge in [-0.15, -0.1) is 0 Å². The highest BCUT2D eigenvalue weighted by atomic mass is 14.7. The smallest absolute Gasteiger partial charge is 0.0420 e. The van der Waals surface area contributed by atoms with E-state index in [1.807, 2.05) is 6.92 Å². The second-order valence-electron chi connectivity index (χ2n) is 6.43. The maximum absolute atomic E-state index is 4.56. The summed E-state index contributed by atoms with van der Waals surface area (Å²) >= 11 is 0. The molecule has 1 heteroatoms. The van der Waals surface area contributed by atoms with Crippen LogP contribution in [0.25, 0.3) is 0 Å². The highest BCUT2D eigenvalue weighted by Gasteiger charge is 2.01. The van der Waals surface area contributed by atoms with E-state index in [1.54, 1.807) is 0 Å². The molecular weight excluding hydrogens is 290 g/mol. The molecule has 1 aromatic carbocycles. The Bertz CT molecular complexity index is 438. The van der Waals surface area contributed by atoms with E-state index in [9.17, 15) is 0 Å². The maximum Gasteiger partial charge on any atom is 0.0420 e. The Labute approximate surface area is 152 Å². The van der Waals surface area contributed by atoms with Crippen LogP contribution < -0.4 is 0 Å². The monoisotopic (exact) mass is 331 g/mol. The average Bonchev–Trinajstić information content (AvgIpc) is 2.56. The Kier molecular flexibility index (Phi) is 17.1. The number of nitrogens with zero attached hydrogens (tertiary/aromatic N) is 1. The molecule has 0 atom stereocenters. The van der Waals surface area contributed by atoms with E-state index in [2.05, 4.69) is 84.3 Å². The Hall–Kier alpha value is -1.37. The molecule has 0 aromatic heterocycles. The van der Waals surface area contributed by atoms with Gasteiger partial charge in [0.1, 0.15) is 0 Å². The highest BCUT2D eigenvalue weighted by molar-refractivity contribution is 6.00. The highest BCUT2D eigenvalue weighted by Crippen LogP contribution is 2.10. The quantitative estimate of drug-likeness (QED) is 0.378. The van der Waals surface area contributed by atoms with E-state index < -0.39 is 0 Å². The van der Waals surface area contributed by atoms with Gasteiger partial charge in [0.25, 0.3) is 0 Å². The molecule has 0 amide bonds. The Balaban J connectivity index is 0. The van der Waals surface area contributed by atoms with Crippen LogP contribution in [0, 0.1) is 5.92 Å². The molecule has 0 aliphatic heterocycles. The van der Waals surface area contributed by atoms with Crippen molar-refractivity contribution in [2.45, 2.75) is 81.1 Å². The van der Waals surface area contributed by atoms with Gasteiger partial charge < -0.3 is 0 Å². The van der Waals surface area contributed by atoms with Crippen molar-refractivity contribution in [2.24, 2.45) is 10.9 Å². The molecule has 0 saturated carbocycles. The van der Waals surface area contributed by atoms with Gasteiger partial charge in [0, 0.05) is 12.3 Å². The molecular formula is C23H41N. The van der Waals surface area contributed by atoms with Crippen LogP contribution >= 0.6 is 0 Å². The van der Waals surface area contributed by atoms with Gasteiger partial charge in [0.15, 0.2) is 0 Å². The van der Waals surface area contributed by atoms with Crippen LogP contribution in [0.5, 0.6) is 0 Å². The molecule has 0 spiro atoms. The molecule has 0 unspecified atom stereocenters. The predicted molar refractivity (Wildman–Crippen MR) is 113 cm³/mol. The van der Waals surface area contributed by atoms with Crippen molar-refractivity contribution in [3.05, 3.63) is 47.5 Å². The fourth-order valence-electron chi connectivity index (χ4n) is 1.68.